The molecule has 132 valence electrons. The van der Waals surface area contributed by atoms with E-state index in [1.165, 1.54) is 44.5 Å². The third-order valence-electron chi connectivity index (χ3n) is 4.84. The van der Waals surface area contributed by atoms with E-state index in [0.29, 0.717) is 10.2 Å². The fourth-order valence-corrected chi connectivity index (χ4v) is 4.31. The Hall–Kier alpha value is -3.25. The van der Waals surface area contributed by atoms with Crippen LogP contribution in [0.3, 0.4) is 0 Å². The first-order valence-corrected chi connectivity index (χ1v) is 9.51. The van der Waals surface area contributed by atoms with Crippen molar-refractivity contribution in [2.75, 3.05) is 5.32 Å². The van der Waals surface area contributed by atoms with Crippen LogP contribution in [0.2, 0.25) is 0 Å². The normalized spacial score (nSPS) is 12.0. The number of fused-ring (bicyclic) bond motifs is 4. The van der Waals surface area contributed by atoms with Gasteiger partial charge in [-0.3, -0.25) is 14.2 Å². The summed E-state index contributed by atoms with van der Waals surface area (Å²) in [5.74, 6) is -0.246. The lowest BCUT2D eigenvalue weighted by Crippen LogP contribution is -2.27. The molecule has 2 aromatic heterocycles. The lowest BCUT2D eigenvalue weighted by atomic mass is 10.1. The van der Waals surface area contributed by atoms with Crippen LogP contribution in [0, 0.1) is 0 Å². The molecular formula is C21H15N3O2S. The predicted octanol–water partition coefficient (Wildman–Crippen LogP) is 3.67. The Bertz CT molecular complexity index is 1260. The Morgan fingerprint density at radius 2 is 1.96 bits per heavy atom. The Labute approximate surface area is 158 Å². The summed E-state index contributed by atoms with van der Waals surface area (Å²) in [6.45, 7) is -0.0606. The molecule has 0 radical (unpaired) electrons. The summed E-state index contributed by atoms with van der Waals surface area (Å²) in [7, 11) is 0. The average molecular weight is 373 g/mol. The van der Waals surface area contributed by atoms with Gasteiger partial charge in [-0.25, -0.2) is 4.98 Å². The Kier molecular flexibility index (Phi) is 3.65. The van der Waals surface area contributed by atoms with Gasteiger partial charge >= 0.3 is 0 Å². The number of amides is 1. The summed E-state index contributed by atoms with van der Waals surface area (Å²) in [5.41, 5.74) is 5.52. The van der Waals surface area contributed by atoms with E-state index in [2.05, 4.69) is 22.4 Å². The number of carbonyl (C=O) groups excluding carboxylic acids is 1. The maximum atomic E-state index is 12.4. The van der Waals surface area contributed by atoms with Gasteiger partial charge in [0.15, 0.2) is 0 Å². The fourth-order valence-electron chi connectivity index (χ4n) is 3.58. The number of benzene rings is 2. The average Bonchev–Trinajstić information content (AvgIpc) is 3.28. The summed E-state index contributed by atoms with van der Waals surface area (Å²) in [4.78, 5) is 29.8. The number of carbonyl (C=O) groups is 1. The summed E-state index contributed by atoms with van der Waals surface area (Å²) in [6.07, 6.45) is 2.30. The number of hydrogen-bond acceptors (Lipinski definition) is 4. The van der Waals surface area contributed by atoms with E-state index in [9.17, 15) is 9.59 Å². The minimum absolute atomic E-state index is 0.0606. The number of rotatable bonds is 3. The molecule has 2 aromatic carbocycles. The van der Waals surface area contributed by atoms with Gasteiger partial charge in [-0.2, -0.15) is 0 Å². The van der Waals surface area contributed by atoms with Gasteiger partial charge in [0.2, 0.25) is 5.91 Å². The second kappa shape index (κ2) is 6.17. The fraction of sp³-hybridized carbons (Fsp3) is 0.0952. The largest absolute Gasteiger partial charge is 0.325 e. The van der Waals surface area contributed by atoms with Crippen molar-refractivity contribution in [1.82, 2.24) is 9.55 Å². The van der Waals surface area contributed by atoms with E-state index in [4.69, 9.17) is 0 Å². The molecule has 27 heavy (non-hydrogen) atoms. The second-order valence-corrected chi connectivity index (χ2v) is 7.47. The van der Waals surface area contributed by atoms with Crippen LogP contribution in [0.4, 0.5) is 5.69 Å². The highest BCUT2D eigenvalue weighted by Gasteiger charge is 2.18. The zero-order valence-corrected chi connectivity index (χ0v) is 15.1. The molecule has 1 aliphatic rings. The van der Waals surface area contributed by atoms with Gasteiger partial charge < -0.3 is 5.32 Å². The highest BCUT2D eigenvalue weighted by Crippen LogP contribution is 2.37. The minimum atomic E-state index is -0.246. The highest BCUT2D eigenvalue weighted by molar-refractivity contribution is 7.16. The molecule has 1 N–H and O–H groups in total. The first kappa shape index (κ1) is 16.0. The van der Waals surface area contributed by atoms with Crippen LogP contribution in [0.5, 0.6) is 0 Å². The number of nitrogens with zero attached hydrogens (tertiary/aromatic N) is 2. The quantitative estimate of drug-likeness (QED) is 0.525. The van der Waals surface area contributed by atoms with Crippen LogP contribution < -0.4 is 10.9 Å². The molecule has 5 rings (SSSR count). The van der Waals surface area contributed by atoms with Crippen LogP contribution in [0.15, 0.2) is 65.0 Å². The van der Waals surface area contributed by atoms with Gasteiger partial charge in [0.25, 0.3) is 5.56 Å². The molecule has 0 saturated heterocycles. The lowest BCUT2D eigenvalue weighted by Gasteiger charge is -2.09. The van der Waals surface area contributed by atoms with Gasteiger partial charge in [0.1, 0.15) is 11.4 Å². The molecular weight excluding hydrogens is 358 g/mol. The third kappa shape index (κ3) is 2.74. The molecule has 1 amide bonds. The van der Waals surface area contributed by atoms with E-state index in [0.717, 1.165) is 12.1 Å². The van der Waals surface area contributed by atoms with Gasteiger partial charge in [-0.1, -0.05) is 30.3 Å². The van der Waals surface area contributed by atoms with Crippen LogP contribution in [-0.4, -0.2) is 15.5 Å². The summed E-state index contributed by atoms with van der Waals surface area (Å²) < 4.78 is 1.34. The maximum absolute atomic E-state index is 12.4. The zero-order chi connectivity index (χ0) is 18.4. The Morgan fingerprint density at radius 3 is 2.89 bits per heavy atom. The van der Waals surface area contributed by atoms with E-state index in [1.807, 2.05) is 35.7 Å². The number of aromatic nitrogens is 2. The molecule has 6 heteroatoms. The summed E-state index contributed by atoms with van der Waals surface area (Å²) >= 11 is 1.41. The van der Waals surface area contributed by atoms with Gasteiger partial charge in [-0.15, -0.1) is 11.3 Å². The van der Waals surface area contributed by atoms with Crippen molar-refractivity contribution < 1.29 is 4.79 Å². The minimum Gasteiger partial charge on any atom is -0.325 e. The molecule has 1 aliphatic carbocycles. The van der Waals surface area contributed by atoms with Gasteiger partial charge in [-0.05, 0) is 52.3 Å². The van der Waals surface area contributed by atoms with Crippen molar-refractivity contribution in [3.05, 3.63) is 81.7 Å². The lowest BCUT2D eigenvalue weighted by molar-refractivity contribution is -0.116. The number of hydrogen-bond donors (Lipinski definition) is 1. The van der Waals surface area contributed by atoms with Crippen molar-refractivity contribution in [1.29, 1.82) is 0 Å². The molecule has 0 bridgehead atoms. The number of anilines is 1. The maximum Gasteiger partial charge on any atom is 0.262 e. The van der Waals surface area contributed by atoms with E-state index in [1.54, 1.807) is 6.07 Å². The standard InChI is InChI=1S/C21H15N3O2S/c25-19(11-24-12-22-20-18(21(24)26)7-8-27-20)23-15-5-6-17-14(10-15)9-13-3-1-2-4-16(13)17/h1-8,10,12H,9,11H2,(H,23,25). The van der Waals surface area contributed by atoms with Crippen molar-refractivity contribution in [3.63, 3.8) is 0 Å². The molecule has 4 aromatic rings. The molecule has 0 unspecified atom stereocenters. The van der Waals surface area contributed by atoms with E-state index >= 15 is 0 Å². The van der Waals surface area contributed by atoms with Gasteiger partial charge in [0, 0.05) is 5.69 Å². The van der Waals surface area contributed by atoms with E-state index in [-0.39, 0.29) is 18.0 Å². The summed E-state index contributed by atoms with van der Waals surface area (Å²) in [5, 5.41) is 5.26. The van der Waals surface area contributed by atoms with Crippen LogP contribution in [0.25, 0.3) is 21.3 Å². The molecule has 0 saturated carbocycles. The summed E-state index contributed by atoms with van der Waals surface area (Å²) in [6, 6.07) is 16.0. The van der Waals surface area contributed by atoms with Gasteiger partial charge in [0.05, 0.1) is 11.7 Å². The van der Waals surface area contributed by atoms with Crippen molar-refractivity contribution in [3.8, 4) is 11.1 Å². The zero-order valence-electron chi connectivity index (χ0n) is 14.3. The van der Waals surface area contributed by atoms with Crippen LogP contribution in [0.1, 0.15) is 11.1 Å². The van der Waals surface area contributed by atoms with Crippen molar-refractivity contribution in [2.45, 2.75) is 13.0 Å². The number of thiophene rings is 1. The Morgan fingerprint density at radius 1 is 1.11 bits per heavy atom. The molecule has 0 spiro atoms. The molecule has 0 atom stereocenters. The first-order valence-electron chi connectivity index (χ1n) is 8.63. The first-order chi connectivity index (χ1) is 13.2. The van der Waals surface area contributed by atoms with Crippen molar-refractivity contribution in [2.24, 2.45) is 0 Å². The topological polar surface area (TPSA) is 64.0 Å². The molecule has 0 aliphatic heterocycles. The smallest absolute Gasteiger partial charge is 0.262 e. The second-order valence-electron chi connectivity index (χ2n) is 6.57. The SMILES string of the molecule is O=C(Cn1cnc2sccc2c1=O)Nc1ccc2c(c1)Cc1ccccc1-2. The van der Waals surface area contributed by atoms with Crippen LogP contribution >= 0.6 is 11.3 Å². The molecule has 0 fully saturated rings. The number of nitrogens with one attached hydrogen (secondary N) is 1. The molecule has 2 heterocycles. The Balaban J connectivity index is 1.36. The monoisotopic (exact) mass is 373 g/mol. The molecule has 5 nitrogen and oxygen atoms in total. The van der Waals surface area contributed by atoms with Crippen molar-refractivity contribution >= 4 is 33.1 Å². The van der Waals surface area contributed by atoms with Crippen LogP contribution in [-0.2, 0) is 17.8 Å². The highest BCUT2D eigenvalue weighted by atomic mass is 32.1. The van der Waals surface area contributed by atoms with E-state index < -0.39 is 0 Å². The predicted molar refractivity (Wildman–Crippen MR) is 107 cm³/mol. The third-order valence-corrected chi connectivity index (χ3v) is 5.66.